The first-order chi connectivity index (χ1) is 9.60. The second-order valence-electron chi connectivity index (χ2n) is 4.47. The van der Waals surface area contributed by atoms with E-state index in [4.69, 9.17) is 0 Å². The third-order valence-corrected chi connectivity index (χ3v) is 3.06. The highest BCUT2D eigenvalue weighted by Gasteiger charge is 2.13. The molecule has 2 aromatic carbocycles. The molecule has 0 aliphatic rings. The number of nitrogens with one attached hydrogen (secondary N) is 1. The van der Waals surface area contributed by atoms with Gasteiger partial charge in [0.25, 0.3) is 5.69 Å². The maximum Gasteiger partial charge on any atom is 0.269 e. The second-order valence-corrected chi connectivity index (χ2v) is 4.47. The van der Waals surface area contributed by atoms with Crippen molar-refractivity contribution >= 4 is 11.4 Å². The van der Waals surface area contributed by atoms with Gasteiger partial charge in [0.1, 0.15) is 5.82 Å². The lowest BCUT2D eigenvalue weighted by molar-refractivity contribution is -0.384. The largest absolute Gasteiger partial charge is 0.378 e. The fourth-order valence-corrected chi connectivity index (χ4v) is 2.06. The molecule has 1 unspecified atom stereocenters. The summed E-state index contributed by atoms with van der Waals surface area (Å²) in [6.07, 6.45) is 0.734. The van der Waals surface area contributed by atoms with E-state index in [2.05, 4.69) is 5.32 Å². The van der Waals surface area contributed by atoms with E-state index in [1.807, 2.05) is 13.0 Å². The van der Waals surface area contributed by atoms with Crippen LogP contribution >= 0.6 is 0 Å². The summed E-state index contributed by atoms with van der Waals surface area (Å²) in [6, 6.07) is 12.5. The molecule has 0 aliphatic carbocycles. The number of hydrogen-bond acceptors (Lipinski definition) is 3. The number of hydrogen-bond donors (Lipinski definition) is 1. The van der Waals surface area contributed by atoms with Gasteiger partial charge in [-0.2, -0.15) is 0 Å². The predicted octanol–water partition coefficient (Wildman–Crippen LogP) is 4.30. The standard InChI is InChI=1S/C15H15FN2O2/c1-2-15(17-13-7-4-6-12(16)10-13)11-5-3-8-14(9-11)18(19)20/h3-10,15,17H,2H2,1H3. The van der Waals surface area contributed by atoms with Gasteiger partial charge in [0.2, 0.25) is 0 Å². The van der Waals surface area contributed by atoms with E-state index in [1.165, 1.54) is 18.2 Å². The summed E-state index contributed by atoms with van der Waals surface area (Å²) in [6.45, 7) is 1.97. The van der Waals surface area contributed by atoms with Crippen LogP contribution in [0.4, 0.5) is 15.8 Å². The summed E-state index contributed by atoms with van der Waals surface area (Å²) in [5, 5.41) is 14.0. The summed E-state index contributed by atoms with van der Waals surface area (Å²) < 4.78 is 13.2. The number of nitro groups is 1. The Morgan fingerprint density at radius 3 is 2.65 bits per heavy atom. The first-order valence-electron chi connectivity index (χ1n) is 6.36. The first-order valence-corrected chi connectivity index (χ1v) is 6.36. The minimum absolute atomic E-state index is 0.0574. The molecule has 104 valence electrons. The van der Waals surface area contributed by atoms with Crippen molar-refractivity contribution in [3.63, 3.8) is 0 Å². The fourth-order valence-electron chi connectivity index (χ4n) is 2.06. The summed E-state index contributed by atoms with van der Waals surface area (Å²) in [5.41, 5.74) is 1.52. The molecule has 0 saturated carbocycles. The van der Waals surface area contributed by atoms with E-state index >= 15 is 0 Å². The van der Waals surface area contributed by atoms with Crippen LogP contribution in [0.5, 0.6) is 0 Å². The van der Waals surface area contributed by atoms with Crippen molar-refractivity contribution < 1.29 is 9.31 Å². The summed E-state index contributed by atoms with van der Waals surface area (Å²) >= 11 is 0. The van der Waals surface area contributed by atoms with Crippen molar-refractivity contribution in [2.45, 2.75) is 19.4 Å². The number of benzene rings is 2. The molecule has 0 radical (unpaired) electrons. The highest BCUT2D eigenvalue weighted by Crippen LogP contribution is 2.25. The molecule has 1 atom stereocenters. The van der Waals surface area contributed by atoms with Crippen LogP contribution in [-0.4, -0.2) is 4.92 Å². The van der Waals surface area contributed by atoms with Crippen LogP contribution in [0.25, 0.3) is 0 Å². The Hall–Kier alpha value is -2.43. The minimum Gasteiger partial charge on any atom is -0.378 e. The Kier molecular flexibility index (Phi) is 4.30. The van der Waals surface area contributed by atoms with Crippen molar-refractivity contribution in [3.05, 3.63) is 70.0 Å². The van der Waals surface area contributed by atoms with Crippen molar-refractivity contribution in [1.29, 1.82) is 0 Å². The number of nitrogens with zero attached hydrogens (tertiary/aromatic N) is 1. The van der Waals surface area contributed by atoms with Crippen LogP contribution in [0, 0.1) is 15.9 Å². The molecule has 20 heavy (non-hydrogen) atoms. The number of non-ortho nitro benzene ring substituents is 1. The Labute approximate surface area is 116 Å². The molecular weight excluding hydrogens is 259 g/mol. The quantitative estimate of drug-likeness (QED) is 0.653. The van der Waals surface area contributed by atoms with Gasteiger partial charge in [-0.15, -0.1) is 0 Å². The SMILES string of the molecule is CCC(Nc1cccc(F)c1)c1cccc([N+](=O)[O-])c1. The Morgan fingerprint density at radius 2 is 2.00 bits per heavy atom. The highest BCUT2D eigenvalue weighted by atomic mass is 19.1. The molecule has 0 amide bonds. The molecule has 0 bridgehead atoms. The third kappa shape index (κ3) is 3.32. The Bertz CT molecular complexity index is 616. The van der Waals surface area contributed by atoms with Crippen LogP contribution in [0.1, 0.15) is 24.9 Å². The van der Waals surface area contributed by atoms with E-state index < -0.39 is 4.92 Å². The highest BCUT2D eigenvalue weighted by molar-refractivity contribution is 5.47. The molecule has 5 heteroatoms. The van der Waals surface area contributed by atoms with Crippen LogP contribution in [-0.2, 0) is 0 Å². The molecule has 2 rings (SSSR count). The maximum atomic E-state index is 13.2. The van der Waals surface area contributed by atoms with Crippen molar-refractivity contribution in [1.82, 2.24) is 0 Å². The molecule has 2 aromatic rings. The lowest BCUT2D eigenvalue weighted by Gasteiger charge is -2.18. The van der Waals surface area contributed by atoms with E-state index in [0.717, 1.165) is 12.0 Å². The van der Waals surface area contributed by atoms with E-state index in [9.17, 15) is 14.5 Å². The van der Waals surface area contributed by atoms with Gasteiger partial charge in [-0.1, -0.05) is 25.1 Å². The van der Waals surface area contributed by atoms with Gasteiger partial charge >= 0.3 is 0 Å². The normalized spacial score (nSPS) is 11.9. The minimum atomic E-state index is -0.418. The van der Waals surface area contributed by atoms with E-state index in [-0.39, 0.29) is 17.5 Å². The summed E-state index contributed by atoms with van der Waals surface area (Å²) in [7, 11) is 0. The maximum absolute atomic E-state index is 13.2. The first kappa shape index (κ1) is 14.0. The van der Waals surface area contributed by atoms with Crippen LogP contribution in [0.3, 0.4) is 0 Å². The number of rotatable bonds is 5. The molecule has 0 aromatic heterocycles. The van der Waals surface area contributed by atoms with Crippen molar-refractivity contribution in [3.8, 4) is 0 Å². The average Bonchev–Trinajstić information content (AvgIpc) is 2.45. The third-order valence-electron chi connectivity index (χ3n) is 3.06. The Balaban J connectivity index is 2.24. The van der Waals surface area contributed by atoms with Gasteiger partial charge in [0.15, 0.2) is 0 Å². The summed E-state index contributed by atoms with van der Waals surface area (Å²) in [5.74, 6) is -0.316. The molecule has 0 saturated heterocycles. The second kappa shape index (κ2) is 6.14. The van der Waals surface area contributed by atoms with Gasteiger partial charge in [-0.05, 0) is 30.2 Å². The molecule has 1 N–H and O–H groups in total. The van der Waals surface area contributed by atoms with Gasteiger partial charge in [0.05, 0.1) is 11.0 Å². The zero-order valence-corrected chi connectivity index (χ0v) is 11.0. The molecule has 0 aliphatic heterocycles. The van der Waals surface area contributed by atoms with E-state index in [0.29, 0.717) is 5.69 Å². The van der Waals surface area contributed by atoms with Crippen LogP contribution in [0.2, 0.25) is 0 Å². The molecule has 0 heterocycles. The van der Waals surface area contributed by atoms with Gasteiger partial charge in [0, 0.05) is 17.8 Å². The monoisotopic (exact) mass is 274 g/mol. The zero-order valence-electron chi connectivity index (χ0n) is 11.0. The average molecular weight is 274 g/mol. The molecular formula is C15H15FN2O2. The number of halogens is 1. The molecule has 0 fully saturated rings. The van der Waals surface area contributed by atoms with Crippen molar-refractivity contribution in [2.24, 2.45) is 0 Å². The lowest BCUT2D eigenvalue weighted by atomic mass is 10.0. The lowest BCUT2D eigenvalue weighted by Crippen LogP contribution is -2.10. The number of nitro benzene ring substituents is 1. The zero-order chi connectivity index (χ0) is 14.5. The number of anilines is 1. The topological polar surface area (TPSA) is 55.2 Å². The van der Waals surface area contributed by atoms with Crippen LogP contribution in [0.15, 0.2) is 48.5 Å². The van der Waals surface area contributed by atoms with Gasteiger partial charge < -0.3 is 5.32 Å². The summed E-state index contributed by atoms with van der Waals surface area (Å²) in [4.78, 5) is 10.4. The van der Waals surface area contributed by atoms with Crippen molar-refractivity contribution in [2.75, 3.05) is 5.32 Å². The van der Waals surface area contributed by atoms with E-state index in [1.54, 1.807) is 24.3 Å². The van der Waals surface area contributed by atoms with Gasteiger partial charge in [-0.3, -0.25) is 10.1 Å². The molecule has 0 spiro atoms. The Morgan fingerprint density at radius 1 is 1.25 bits per heavy atom. The predicted molar refractivity (Wildman–Crippen MR) is 76.2 cm³/mol. The molecule has 4 nitrogen and oxygen atoms in total. The fraction of sp³-hybridized carbons (Fsp3) is 0.200. The van der Waals surface area contributed by atoms with Crippen LogP contribution < -0.4 is 5.32 Å². The van der Waals surface area contributed by atoms with Gasteiger partial charge in [-0.25, -0.2) is 4.39 Å². The smallest absolute Gasteiger partial charge is 0.269 e.